The summed E-state index contributed by atoms with van der Waals surface area (Å²) in [5.74, 6) is 0.656. The van der Waals surface area contributed by atoms with E-state index in [9.17, 15) is 0 Å². The Labute approximate surface area is 156 Å². The van der Waals surface area contributed by atoms with Crippen molar-refractivity contribution in [2.24, 2.45) is 0 Å². The monoisotopic (exact) mass is 358 g/mol. The highest BCUT2D eigenvalue weighted by Crippen LogP contribution is 2.38. The molecule has 1 saturated carbocycles. The van der Waals surface area contributed by atoms with Gasteiger partial charge in [-0.2, -0.15) is 0 Å². The number of rotatable bonds is 5. The number of hydrogen-bond donors (Lipinski definition) is 2. The topological polar surface area (TPSA) is 45.1 Å². The molecule has 4 heteroatoms. The highest BCUT2D eigenvalue weighted by Gasteiger charge is 2.23. The van der Waals surface area contributed by atoms with Crippen LogP contribution in [0.1, 0.15) is 60.5 Å². The molecule has 0 amide bonds. The van der Waals surface area contributed by atoms with Gasteiger partial charge < -0.3 is 10.4 Å². The molecule has 25 heavy (non-hydrogen) atoms. The van der Waals surface area contributed by atoms with Crippen LogP contribution in [0.15, 0.2) is 30.3 Å². The largest absolute Gasteiger partial charge is 0.396 e. The van der Waals surface area contributed by atoms with Gasteiger partial charge in [-0.15, -0.1) is 12.4 Å². The average molecular weight is 359 g/mol. The van der Waals surface area contributed by atoms with Crippen LogP contribution in [0.5, 0.6) is 0 Å². The minimum atomic E-state index is 0. The van der Waals surface area contributed by atoms with Gasteiger partial charge in [0.1, 0.15) is 0 Å². The number of fused-ring (bicyclic) bond motifs is 1. The standard InChI is InChI=1S/C21H26N2O.ClH/c24-13-12-15-8-10-17(11-9-15)22-21-14-20(16-4-1-2-5-16)23-19-7-3-6-18(19)21;/h8-11,14,16,24H,1-7,12-13H2,(H,22,23);1H. The van der Waals surface area contributed by atoms with Crippen molar-refractivity contribution in [2.75, 3.05) is 11.9 Å². The summed E-state index contributed by atoms with van der Waals surface area (Å²) in [6, 6.07) is 10.7. The Morgan fingerprint density at radius 3 is 2.52 bits per heavy atom. The maximum absolute atomic E-state index is 9.04. The first-order valence-electron chi connectivity index (χ1n) is 9.33. The van der Waals surface area contributed by atoms with E-state index < -0.39 is 0 Å². The predicted octanol–water partition coefficient (Wildman–Crippen LogP) is 4.93. The molecule has 0 bridgehead atoms. The summed E-state index contributed by atoms with van der Waals surface area (Å²) in [6.07, 6.45) is 9.48. The van der Waals surface area contributed by atoms with Crippen molar-refractivity contribution >= 4 is 23.8 Å². The molecule has 0 atom stereocenters. The fourth-order valence-electron chi connectivity index (χ4n) is 4.15. The van der Waals surface area contributed by atoms with Crippen molar-refractivity contribution in [2.45, 2.75) is 57.3 Å². The minimum absolute atomic E-state index is 0. The van der Waals surface area contributed by atoms with Crippen molar-refractivity contribution in [1.82, 2.24) is 4.98 Å². The maximum Gasteiger partial charge on any atom is 0.0471 e. The third kappa shape index (κ3) is 3.99. The third-order valence-electron chi connectivity index (χ3n) is 5.48. The van der Waals surface area contributed by atoms with Gasteiger partial charge in [0.2, 0.25) is 0 Å². The second-order valence-corrected chi connectivity index (χ2v) is 7.15. The van der Waals surface area contributed by atoms with Crippen molar-refractivity contribution < 1.29 is 5.11 Å². The van der Waals surface area contributed by atoms with Gasteiger partial charge in [-0.1, -0.05) is 25.0 Å². The molecule has 2 aliphatic carbocycles. The molecule has 2 aliphatic rings. The van der Waals surface area contributed by atoms with Crippen molar-refractivity contribution in [3.05, 3.63) is 52.8 Å². The van der Waals surface area contributed by atoms with E-state index in [-0.39, 0.29) is 19.0 Å². The maximum atomic E-state index is 9.04. The lowest BCUT2D eigenvalue weighted by Crippen LogP contribution is -2.04. The number of halogens is 1. The Morgan fingerprint density at radius 1 is 1.04 bits per heavy atom. The van der Waals surface area contributed by atoms with Gasteiger partial charge in [-0.25, -0.2) is 0 Å². The number of aromatic nitrogens is 1. The van der Waals surface area contributed by atoms with Crippen LogP contribution in [0.2, 0.25) is 0 Å². The Bertz CT molecular complexity index is 709. The highest BCUT2D eigenvalue weighted by molar-refractivity contribution is 5.85. The fourth-order valence-corrected chi connectivity index (χ4v) is 4.15. The number of nitrogens with one attached hydrogen (secondary N) is 1. The molecule has 1 aromatic carbocycles. The lowest BCUT2D eigenvalue weighted by Gasteiger charge is -2.16. The van der Waals surface area contributed by atoms with Crippen molar-refractivity contribution in [3.63, 3.8) is 0 Å². The number of aryl methyl sites for hydroxylation is 1. The molecule has 4 rings (SSSR count). The zero-order valence-corrected chi connectivity index (χ0v) is 15.4. The first-order valence-corrected chi connectivity index (χ1v) is 9.33. The number of benzene rings is 1. The Balaban J connectivity index is 0.00000182. The van der Waals surface area contributed by atoms with Crippen LogP contribution in [-0.4, -0.2) is 16.7 Å². The lowest BCUT2D eigenvalue weighted by atomic mass is 10.0. The molecule has 2 aromatic rings. The SMILES string of the molecule is Cl.OCCc1ccc(Nc2cc(C3CCCC3)nc3c2CCC3)cc1. The Kier molecular flexibility index (Phi) is 5.98. The quantitative estimate of drug-likeness (QED) is 0.796. The van der Waals surface area contributed by atoms with Gasteiger partial charge in [0.15, 0.2) is 0 Å². The predicted molar refractivity (Wildman–Crippen MR) is 105 cm³/mol. The number of aliphatic hydroxyl groups excluding tert-OH is 1. The van der Waals surface area contributed by atoms with E-state index in [4.69, 9.17) is 10.1 Å². The van der Waals surface area contributed by atoms with E-state index in [1.165, 1.54) is 60.3 Å². The van der Waals surface area contributed by atoms with E-state index in [0.717, 1.165) is 24.9 Å². The van der Waals surface area contributed by atoms with Gasteiger partial charge in [0.05, 0.1) is 0 Å². The van der Waals surface area contributed by atoms with Crippen LogP contribution in [-0.2, 0) is 19.3 Å². The smallest absolute Gasteiger partial charge is 0.0471 e. The van der Waals surface area contributed by atoms with E-state index >= 15 is 0 Å². The first kappa shape index (κ1) is 18.2. The molecule has 1 fully saturated rings. The Morgan fingerprint density at radius 2 is 1.80 bits per heavy atom. The molecule has 134 valence electrons. The number of anilines is 2. The second-order valence-electron chi connectivity index (χ2n) is 7.15. The minimum Gasteiger partial charge on any atom is -0.396 e. The molecular weight excluding hydrogens is 332 g/mol. The van der Waals surface area contributed by atoms with Gasteiger partial charge >= 0.3 is 0 Å². The summed E-state index contributed by atoms with van der Waals surface area (Å²) in [7, 11) is 0. The molecule has 0 spiro atoms. The molecule has 0 aliphatic heterocycles. The number of nitrogens with zero attached hydrogens (tertiary/aromatic N) is 1. The summed E-state index contributed by atoms with van der Waals surface area (Å²) >= 11 is 0. The summed E-state index contributed by atoms with van der Waals surface area (Å²) in [6.45, 7) is 0.204. The molecule has 1 aromatic heterocycles. The molecule has 0 saturated heterocycles. The molecule has 0 unspecified atom stereocenters. The van der Waals surface area contributed by atoms with E-state index in [1.54, 1.807) is 0 Å². The molecule has 0 radical (unpaired) electrons. The van der Waals surface area contributed by atoms with Crippen molar-refractivity contribution in [3.8, 4) is 0 Å². The van der Waals surface area contributed by atoms with Crippen LogP contribution in [0.4, 0.5) is 11.4 Å². The average Bonchev–Trinajstić information content (AvgIpc) is 3.28. The van der Waals surface area contributed by atoms with Crippen LogP contribution in [0.3, 0.4) is 0 Å². The van der Waals surface area contributed by atoms with Gasteiger partial charge in [-0.05, 0) is 67.9 Å². The van der Waals surface area contributed by atoms with Gasteiger partial charge in [0.25, 0.3) is 0 Å². The normalized spacial score (nSPS) is 16.5. The molecule has 2 N–H and O–H groups in total. The zero-order chi connectivity index (χ0) is 16.4. The summed E-state index contributed by atoms with van der Waals surface area (Å²) in [4.78, 5) is 5.01. The van der Waals surface area contributed by atoms with Gasteiger partial charge in [-0.3, -0.25) is 4.98 Å². The summed E-state index contributed by atoms with van der Waals surface area (Å²) in [5.41, 5.74) is 7.58. The lowest BCUT2D eigenvalue weighted by molar-refractivity contribution is 0.299. The Hall–Kier alpha value is -1.58. The van der Waals surface area contributed by atoms with Crippen LogP contribution in [0, 0.1) is 0 Å². The third-order valence-corrected chi connectivity index (χ3v) is 5.48. The van der Waals surface area contributed by atoms with E-state index in [2.05, 4.69) is 35.6 Å². The van der Waals surface area contributed by atoms with Crippen LogP contribution >= 0.6 is 12.4 Å². The van der Waals surface area contributed by atoms with Gasteiger partial charge in [0, 0.05) is 35.3 Å². The number of aliphatic hydroxyl groups is 1. The molecule has 3 nitrogen and oxygen atoms in total. The van der Waals surface area contributed by atoms with E-state index in [1.807, 2.05) is 0 Å². The second kappa shape index (κ2) is 8.20. The molecule has 1 heterocycles. The molecular formula is C21H27ClN2O. The van der Waals surface area contributed by atoms with Crippen LogP contribution in [0.25, 0.3) is 0 Å². The highest BCUT2D eigenvalue weighted by atomic mass is 35.5. The van der Waals surface area contributed by atoms with E-state index in [0.29, 0.717) is 5.92 Å². The van der Waals surface area contributed by atoms with Crippen LogP contribution < -0.4 is 5.32 Å². The first-order chi connectivity index (χ1) is 11.8. The number of pyridine rings is 1. The summed E-state index contributed by atoms with van der Waals surface area (Å²) in [5, 5.41) is 12.7. The zero-order valence-electron chi connectivity index (χ0n) is 14.6. The van der Waals surface area contributed by atoms with Crippen molar-refractivity contribution in [1.29, 1.82) is 0 Å². The summed E-state index contributed by atoms with van der Waals surface area (Å²) < 4.78 is 0. The number of hydrogen-bond acceptors (Lipinski definition) is 3. The fraction of sp³-hybridized carbons (Fsp3) is 0.476.